The highest BCUT2D eigenvalue weighted by Crippen LogP contribution is 2.18. The molecule has 0 bridgehead atoms. The van der Waals surface area contributed by atoms with Crippen LogP contribution in [0.5, 0.6) is 5.88 Å². The predicted molar refractivity (Wildman–Crippen MR) is 106 cm³/mol. The van der Waals surface area contributed by atoms with Crippen LogP contribution in [0.1, 0.15) is 24.5 Å². The highest BCUT2D eigenvalue weighted by molar-refractivity contribution is 6.02. The lowest BCUT2D eigenvalue weighted by atomic mass is 10.1. The first-order chi connectivity index (χ1) is 13.1. The van der Waals surface area contributed by atoms with E-state index in [9.17, 15) is 14.7 Å². The molecule has 0 saturated carbocycles. The monoisotopic (exact) mass is 363 g/mol. The topological polar surface area (TPSA) is 87.4 Å². The zero-order valence-corrected chi connectivity index (χ0v) is 15.1. The van der Waals surface area contributed by atoms with Crippen molar-refractivity contribution in [3.8, 4) is 11.6 Å². The highest BCUT2D eigenvalue weighted by Gasteiger charge is 2.19. The first kappa shape index (κ1) is 18.4. The first-order valence-electron chi connectivity index (χ1n) is 8.83. The third-order valence-electron chi connectivity index (χ3n) is 4.27. The van der Waals surface area contributed by atoms with Gasteiger partial charge in [-0.2, -0.15) is 0 Å². The van der Waals surface area contributed by atoms with E-state index in [0.717, 1.165) is 16.6 Å². The number of hydrogen-bond donors (Lipinski definition) is 2. The van der Waals surface area contributed by atoms with Crippen molar-refractivity contribution in [3.63, 3.8) is 0 Å². The standard InChI is InChI=1S/C21H21N3O3/c1-2-17(22-14-13-15-9-5-3-6-10-15)18-19(25)23-21(27)24(20(18)26)16-11-7-4-8-12-16/h3-12,26H,2,13-14H2,1H3,(H,23,25,27). The van der Waals surface area contributed by atoms with Crippen LogP contribution >= 0.6 is 0 Å². The van der Waals surface area contributed by atoms with E-state index < -0.39 is 17.1 Å². The zero-order valence-electron chi connectivity index (χ0n) is 15.1. The van der Waals surface area contributed by atoms with Crippen molar-refractivity contribution in [1.29, 1.82) is 0 Å². The second kappa shape index (κ2) is 8.31. The average molecular weight is 363 g/mol. The Morgan fingerprint density at radius 1 is 1.04 bits per heavy atom. The molecule has 2 aromatic carbocycles. The molecule has 0 amide bonds. The average Bonchev–Trinajstić information content (AvgIpc) is 2.68. The van der Waals surface area contributed by atoms with Gasteiger partial charge in [-0.15, -0.1) is 0 Å². The smallest absolute Gasteiger partial charge is 0.335 e. The molecule has 0 fully saturated rings. The fourth-order valence-corrected chi connectivity index (χ4v) is 2.93. The second-order valence-corrected chi connectivity index (χ2v) is 6.05. The molecule has 0 radical (unpaired) electrons. The fourth-order valence-electron chi connectivity index (χ4n) is 2.93. The number of rotatable bonds is 6. The van der Waals surface area contributed by atoms with Crippen LogP contribution in [0.4, 0.5) is 0 Å². The van der Waals surface area contributed by atoms with Gasteiger partial charge < -0.3 is 5.11 Å². The Balaban J connectivity index is 2.00. The van der Waals surface area contributed by atoms with E-state index in [0.29, 0.717) is 24.4 Å². The minimum atomic E-state index is -0.688. The van der Waals surface area contributed by atoms with Gasteiger partial charge in [0.05, 0.1) is 11.4 Å². The largest absolute Gasteiger partial charge is 0.493 e. The summed E-state index contributed by atoms with van der Waals surface area (Å²) in [6.07, 6.45) is 1.18. The summed E-state index contributed by atoms with van der Waals surface area (Å²) < 4.78 is 1.08. The summed E-state index contributed by atoms with van der Waals surface area (Å²) in [5.74, 6) is -0.393. The maximum absolute atomic E-state index is 12.4. The van der Waals surface area contributed by atoms with Crippen LogP contribution in [0.2, 0.25) is 0 Å². The van der Waals surface area contributed by atoms with Crippen molar-refractivity contribution in [2.24, 2.45) is 4.99 Å². The van der Waals surface area contributed by atoms with Gasteiger partial charge in [-0.25, -0.2) is 9.36 Å². The van der Waals surface area contributed by atoms with Crippen molar-refractivity contribution in [2.45, 2.75) is 19.8 Å². The molecule has 0 aliphatic carbocycles. The summed E-state index contributed by atoms with van der Waals surface area (Å²) in [4.78, 5) is 31.4. The van der Waals surface area contributed by atoms with Gasteiger partial charge in [-0.1, -0.05) is 55.5 Å². The molecule has 6 heteroatoms. The minimum Gasteiger partial charge on any atom is -0.493 e. The van der Waals surface area contributed by atoms with Crippen LogP contribution in [-0.4, -0.2) is 26.9 Å². The first-order valence-corrected chi connectivity index (χ1v) is 8.83. The Bertz CT molecular complexity index is 1050. The van der Waals surface area contributed by atoms with Gasteiger partial charge in [0.15, 0.2) is 0 Å². The van der Waals surface area contributed by atoms with Crippen LogP contribution in [0, 0.1) is 0 Å². The Morgan fingerprint density at radius 3 is 2.30 bits per heavy atom. The van der Waals surface area contributed by atoms with Gasteiger partial charge in [-0.05, 0) is 30.5 Å². The molecule has 0 saturated heterocycles. The van der Waals surface area contributed by atoms with Gasteiger partial charge in [0.25, 0.3) is 5.56 Å². The number of aromatic amines is 1. The summed E-state index contributed by atoms with van der Waals surface area (Å²) in [5.41, 5.74) is 0.793. The zero-order chi connectivity index (χ0) is 19.2. The van der Waals surface area contributed by atoms with E-state index in [1.54, 1.807) is 30.3 Å². The van der Waals surface area contributed by atoms with E-state index in [2.05, 4.69) is 9.98 Å². The van der Waals surface area contributed by atoms with Crippen LogP contribution in [0.15, 0.2) is 75.2 Å². The van der Waals surface area contributed by atoms with Crippen molar-refractivity contribution >= 4 is 5.71 Å². The quantitative estimate of drug-likeness (QED) is 0.660. The fraction of sp³-hybridized carbons (Fsp3) is 0.190. The highest BCUT2D eigenvalue weighted by atomic mass is 16.3. The van der Waals surface area contributed by atoms with Gasteiger partial charge >= 0.3 is 5.69 Å². The lowest BCUT2D eigenvalue weighted by molar-refractivity contribution is 0.429. The Labute approximate surface area is 156 Å². The molecule has 0 aliphatic rings. The van der Waals surface area contributed by atoms with Gasteiger partial charge in [-0.3, -0.25) is 14.8 Å². The number of aromatic hydroxyl groups is 1. The molecule has 0 aliphatic heterocycles. The molecule has 3 aromatic rings. The number of H-pyrrole nitrogens is 1. The van der Waals surface area contributed by atoms with Gasteiger partial charge in [0, 0.05) is 6.54 Å². The van der Waals surface area contributed by atoms with Crippen LogP contribution < -0.4 is 11.2 Å². The van der Waals surface area contributed by atoms with E-state index in [-0.39, 0.29) is 5.56 Å². The summed E-state index contributed by atoms with van der Waals surface area (Å²) in [5, 5.41) is 10.7. The second-order valence-electron chi connectivity index (χ2n) is 6.05. The minimum absolute atomic E-state index is 0.0361. The van der Waals surface area contributed by atoms with Gasteiger partial charge in [0.1, 0.15) is 5.56 Å². The maximum Gasteiger partial charge on any atom is 0.335 e. The van der Waals surface area contributed by atoms with E-state index in [1.807, 2.05) is 37.3 Å². The molecule has 0 spiro atoms. The van der Waals surface area contributed by atoms with Crippen molar-refractivity contribution in [1.82, 2.24) is 9.55 Å². The number of aromatic nitrogens is 2. The normalized spacial score (nSPS) is 11.5. The third kappa shape index (κ3) is 4.06. The molecule has 1 aromatic heterocycles. The summed E-state index contributed by atoms with van der Waals surface area (Å²) in [6.45, 7) is 2.34. The Hall–Kier alpha value is -3.41. The number of para-hydroxylation sites is 1. The Kier molecular flexibility index (Phi) is 5.66. The van der Waals surface area contributed by atoms with E-state index in [1.165, 1.54) is 0 Å². The summed E-state index contributed by atoms with van der Waals surface area (Å²) in [7, 11) is 0. The number of aliphatic imine (C=N–C) groups is 1. The van der Waals surface area contributed by atoms with E-state index >= 15 is 0 Å². The summed E-state index contributed by atoms with van der Waals surface area (Å²) in [6, 6.07) is 18.6. The van der Waals surface area contributed by atoms with E-state index in [4.69, 9.17) is 0 Å². The maximum atomic E-state index is 12.4. The molecule has 138 valence electrons. The third-order valence-corrected chi connectivity index (χ3v) is 4.27. The predicted octanol–water partition coefficient (Wildman–Crippen LogP) is 2.67. The summed E-state index contributed by atoms with van der Waals surface area (Å²) >= 11 is 0. The lowest BCUT2D eigenvalue weighted by Gasteiger charge is -2.12. The molecular formula is C21H21N3O3. The molecule has 0 atom stereocenters. The van der Waals surface area contributed by atoms with Crippen molar-refractivity contribution in [3.05, 3.63) is 92.6 Å². The van der Waals surface area contributed by atoms with Crippen molar-refractivity contribution < 1.29 is 5.11 Å². The number of benzene rings is 2. The Morgan fingerprint density at radius 2 is 1.67 bits per heavy atom. The van der Waals surface area contributed by atoms with Crippen LogP contribution in [-0.2, 0) is 6.42 Å². The van der Waals surface area contributed by atoms with Crippen molar-refractivity contribution in [2.75, 3.05) is 6.54 Å². The molecule has 27 heavy (non-hydrogen) atoms. The molecule has 6 nitrogen and oxygen atoms in total. The molecule has 1 heterocycles. The SMILES string of the molecule is CCC(=NCCc1ccccc1)c1c(O)n(-c2ccccc2)c(=O)[nH]c1=O. The lowest BCUT2D eigenvalue weighted by Crippen LogP contribution is -2.33. The van der Waals surface area contributed by atoms with Crippen LogP contribution in [0.3, 0.4) is 0 Å². The molecular weight excluding hydrogens is 342 g/mol. The van der Waals surface area contributed by atoms with Gasteiger partial charge in [0.2, 0.25) is 5.88 Å². The number of nitrogens with zero attached hydrogens (tertiary/aromatic N) is 2. The molecule has 2 N–H and O–H groups in total. The molecule has 0 unspecified atom stereocenters. The number of nitrogens with one attached hydrogen (secondary N) is 1. The number of hydrogen-bond acceptors (Lipinski definition) is 4. The molecule has 3 rings (SSSR count). The van der Waals surface area contributed by atoms with Crippen LogP contribution in [0.25, 0.3) is 5.69 Å².